The minimum absolute atomic E-state index is 0.166. The van der Waals surface area contributed by atoms with Crippen LogP contribution in [0.2, 0.25) is 0 Å². The van der Waals surface area contributed by atoms with Gasteiger partial charge in [-0.3, -0.25) is 0 Å². The zero-order valence-corrected chi connectivity index (χ0v) is 8.06. The standard InChI is InChI=1S/C7H6Cl2O4/c1-3(6(10)11)4(8)2-5(9)7(12)13/h2H,1H3,(H,10,11)(H,12,13)/b4-3+,5-2+. The number of aliphatic carboxylic acids is 2. The molecule has 72 valence electrons. The smallest absolute Gasteiger partial charge is 0.347 e. The van der Waals surface area contributed by atoms with Crippen molar-refractivity contribution < 1.29 is 19.8 Å². The first kappa shape index (κ1) is 12.0. The fourth-order valence-corrected chi connectivity index (χ4v) is 0.738. The minimum atomic E-state index is -1.36. The maximum atomic E-state index is 10.3. The van der Waals surface area contributed by atoms with Crippen LogP contribution in [0.3, 0.4) is 0 Å². The SMILES string of the molecule is C/C(C(=O)O)=C(Cl)/C=C(/Cl)C(=O)O. The molecule has 0 atom stereocenters. The van der Waals surface area contributed by atoms with E-state index in [2.05, 4.69) is 0 Å². The van der Waals surface area contributed by atoms with E-state index in [-0.39, 0.29) is 10.6 Å². The summed E-state index contributed by atoms with van der Waals surface area (Å²) in [6.07, 6.45) is 0.870. The number of halogens is 2. The van der Waals surface area contributed by atoms with Crippen molar-refractivity contribution in [2.75, 3.05) is 0 Å². The normalized spacial score (nSPS) is 13.6. The molecule has 0 unspecified atom stereocenters. The van der Waals surface area contributed by atoms with E-state index in [9.17, 15) is 9.59 Å². The van der Waals surface area contributed by atoms with Gasteiger partial charge in [-0.2, -0.15) is 0 Å². The summed E-state index contributed by atoms with van der Waals surface area (Å²) in [5.41, 5.74) is -0.166. The number of carboxylic acid groups (broad SMARTS) is 2. The zero-order valence-electron chi connectivity index (χ0n) is 6.54. The van der Waals surface area contributed by atoms with Crippen molar-refractivity contribution in [2.24, 2.45) is 0 Å². The first-order chi connectivity index (χ1) is 5.86. The fourth-order valence-electron chi connectivity index (χ4n) is 0.383. The molecule has 0 aromatic rings. The van der Waals surface area contributed by atoms with Crippen LogP contribution in [-0.4, -0.2) is 22.2 Å². The van der Waals surface area contributed by atoms with Crippen LogP contribution in [-0.2, 0) is 9.59 Å². The second kappa shape index (κ2) is 4.89. The van der Waals surface area contributed by atoms with Crippen LogP contribution in [0.5, 0.6) is 0 Å². The number of allylic oxidation sites excluding steroid dienone is 2. The van der Waals surface area contributed by atoms with Crippen LogP contribution in [0.25, 0.3) is 0 Å². The Morgan fingerprint density at radius 1 is 1.15 bits per heavy atom. The van der Waals surface area contributed by atoms with Gasteiger partial charge in [-0.1, -0.05) is 23.2 Å². The van der Waals surface area contributed by atoms with Crippen LogP contribution >= 0.6 is 23.2 Å². The quantitative estimate of drug-likeness (QED) is 0.567. The lowest BCUT2D eigenvalue weighted by Gasteiger charge is -1.95. The Bertz CT molecular complexity index is 304. The Labute approximate surface area is 84.1 Å². The molecule has 4 nitrogen and oxygen atoms in total. The molecule has 0 aliphatic rings. The molecular weight excluding hydrogens is 219 g/mol. The van der Waals surface area contributed by atoms with Crippen LogP contribution < -0.4 is 0 Å². The van der Waals surface area contributed by atoms with Gasteiger partial charge in [0.1, 0.15) is 5.03 Å². The van der Waals surface area contributed by atoms with Gasteiger partial charge in [-0.15, -0.1) is 0 Å². The molecule has 0 aliphatic carbocycles. The molecule has 2 N–H and O–H groups in total. The fraction of sp³-hybridized carbons (Fsp3) is 0.143. The van der Waals surface area contributed by atoms with Crippen LogP contribution in [0, 0.1) is 0 Å². The summed E-state index contributed by atoms with van der Waals surface area (Å²) in [4.78, 5) is 20.5. The number of hydrogen-bond donors (Lipinski definition) is 2. The second-order valence-corrected chi connectivity index (χ2v) is 2.89. The average molecular weight is 225 g/mol. The second-order valence-electron chi connectivity index (χ2n) is 2.08. The maximum absolute atomic E-state index is 10.3. The Balaban J connectivity index is 4.92. The van der Waals surface area contributed by atoms with Crippen molar-refractivity contribution in [3.63, 3.8) is 0 Å². The van der Waals surface area contributed by atoms with Gasteiger partial charge in [0, 0.05) is 0 Å². The highest BCUT2D eigenvalue weighted by atomic mass is 35.5. The van der Waals surface area contributed by atoms with Gasteiger partial charge in [-0.05, 0) is 13.0 Å². The number of rotatable bonds is 3. The largest absolute Gasteiger partial charge is 0.478 e. The summed E-state index contributed by atoms with van der Waals surface area (Å²) in [6.45, 7) is 1.24. The number of hydrogen-bond acceptors (Lipinski definition) is 2. The molecule has 0 radical (unpaired) electrons. The van der Waals surface area contributed by atoms with Gasteiger partial charge < -0.3 is 10.2 Å². The summed E-state index contributed by atoms with van der Waals surface area (Å²) in [5, 5.41) is 16.0. The predicted molar refractivity (Wildman–Crippen MR) is 47.8 cm³/mol. The topological polar surface area (TPSA) is 74.6 Å². The van der Waals surface area contributed by atoms with Crippen LogP contribution in [0.1, 0.15) is 6.92 Å². The summed E-state index contributed by atoms with van der Waals surface area (Å²) < 4.78 is 0. The van der Waals surface area contributed by atoms with E-state index in [4.69, 9.17) is 33.4 Å². The molecule has 6 heteroatoms. The predicted octanol–water partition coefficient (Wildman–Crippen LogP) is 1.79. The molecule has 0 spiro atoms. The van der Waals surface area contributed by atoms with Gasteiger partial charge in [0.25, 0.3) is 0 Å². The Kier molecular flexibility index (Phi) is 4.51. The van der Waals surface area contributed by atoms with Gasteiger partial charge in [-0.25, -0.2) is 9.59 Å². The van der Waals surface area contributed by atoms with Gasteiger partial charge >= 0.3 is 11.9 Å². The van der Waals surface area contributed by atoms with E-state index in [1.54, 1.807) is 0 Å². The van der Waals surface area contributed by atoms with Gasteiger partial charge in [0.15, 0.2) is 0 Å². The lowest BCUT2D eigenvalue weighted by Crippen LogP contribution is -1.99. The van der Waals surface area contributed by atoms with Crippen molar-refractivity contribution in [3.05, 3.63) is 21.7 Å². The molecule has 0 amide bonds. The molecule has 0 heterocycles. The van der Waals surface area contributed by atoms with E-state index >= 15 is 0 Å². The lowest BCUT2D eigenvalue weighted by molar-refractivity contribution is -0.133. The molecule has 0 rings (SSSR count). The molecule has 0 aromatic heterocycles. The molecule has 0 aliphatic heterocycles. The molecule has 13 heavy (non-hydrogen) atoms. The summed E-state index contributed by atoms with van der Waals surface area (Å²) in [5.74, 6) is -2.59. The number of carboxylic acids is 2. The van der Waals surface area contributed by atoms with Crippen molar-refractivity contribution >= 4 is 35.1 Å². The maximum Gasteiger partial charge on any atom is 0.347 e. The highest BCUT2D eigenvalue weighted by Crippen LogP contribution is 2.15. The molecule has 0 aromatic carbocycles. The minimum Gasteiger partial charge on any atom is -0.478 e. The zero-order chi connectivity index (χ0) is 10.6. The third-order valence-electron chi connectivity index (χ3n) is 1.14. The number of carbonyl (C=O) groups is 2. The van der Waals surface area contributed by atoms with Gasteiger partial charge in [0.2, 0.25) is 0 Å². The van der Waals surface area contributed by atoms with Crippen molar-refractivity contribution in [2.45, 2.75) is 6.92 Å². The highest BCUT2D eigenvalue weighted by molar-refractivity contribution is 6.42. The summed E-state index contributed by atoms with van der Waals surface area (Å²) in [7, 11) is 0. The van der Waals surface area contributed by atoms with E-state index in [0.717, 1.165) is 6.08 Å². The first-order valence-electron chi connectivity index (χ1n) is 3.06. The Hall–Kier alpha value is -1.00. The van der Waals surface area contributed by atoms with E-state index in [1.165, 1.54) is 6.92 Å². The summed E-state index contributed by atoms with van der Waals surface area (Å²) in [6, 6.07) is 0. The molecular formula is C7H6Cl2O4. The Morgan fingerprint density at radius 3 is 1.92 bits per heavy atom. The van der Waals surface area contributed by atoms with E-state index < -0.39 is 17.0 Å². The molecule has 0 fully saturated rings. The Morgan fingerprint density at radius 2 is 1.62 bits per heavy atom. The van der Waals surface area contributed by atoms with Crippen molar-refractivity contribution in [1.29, 1.82) is 0 Å². The molecule has 0 bridgehead atoms. The van der Waals surface area contributed by atoms with Crippen LogP contribution in [0.4, 0.5) is 0 Å². The lowest BCUT2D eigenvalue weighted by atomic mass is 10.3. The van der Waals surface area contributed by atoms with Crippen LogP contribution in [0.15, 0.2) is 21.7 Å². The first-order valence-corrected chi connectivity index (χ1v) is 3.82. The third kappa shape index (κ3) is 3.96. The van der Waals surface area contributed by atoms with Crippen molar-refractivity contribution in [3.8, 4) is 0 Å². The van der Waals surface area contributed by atoms with Crippen molar-refractivity contribution in [1.82, 2.24) is 0 Å². The molecule has 0 saturated carbocycles. The third-order valence-corrected chi connectivity index (χ3v) is 1.80. The highest BCUT2D eigenvalue weighted by Gasteiger charge is 2.08. The van der Waals surface area contributed by atoms with E-state index in [0.29, 0.717) is 0 Å². The van der Waals surface area contributed by atoms with E-state index in [1.807, 2.05) is 0 Å². The van der Waals surface area contributed by atoms with Gasteiger partial charge in [0.05, 0.1) is 10.6 Å². The molecule has 0 saturated heterocycles. The average Bonchev–Trinajstić information content (AvgIpc) is 2.02. The monoisotopic (exact) mass is 224 g/mol. The summed E-state index contributed by atoms with van der Waals surface area (Å²) >= 11 is 10.6.